The van der Waals surface area contributed by atoms with E-state index in [1.54, 1.807) is 0 Å². The Morgan fingerprint density at radius 3 is 1.89 bits per heavy atom. The van der Waals surface area contributed by atoms with Gasteiger partial charge in [-0.2, -0.15) is 0 Å². The van der Waals surface area contributed by atoms with Crippen molar-refractivity contribution in [2.75, 3.05) is 26.2 Å². The molecular formula is C21H32N2O4. The molecule has 0 spiro atoms. The first-order valence-electron chi connectivity index (χ1n) is 9.94. The lowest BCUT2D eigenvalue weighted by Gasteiger charge is -2.38. The quantitative estimate of drug-likeness (QED) is 0.790. The second-order valence-electron chi connectivity index (χ2n) is 7.55. The first kappa shape index (κ1) is 21.4. The Morgan fingerprint density at radius 2 is 1.41 bits per heavy atom. The number of hydrogen-bond acceptors (Lipinski definition) is 4. The number of carboxylic acids is 2. The molecule has 3 rings (SSSR count). The van der Waals surface area contributed by atoms with E-state index in [9.17, 15) is 0 Å². The SMILES string of the molecule is Cc1ccc(CN2CCC(N3CCCCCC3)CC2)cc1.O=C(O)C(=O)O. The topological polar surface area (TPSA) is 81.1 Å². The summed E-state index contributed by atoms with van der Waals surface area (Å²) in [7, 11) is 0. The maximum Gasteiger partial charge on any atom is 0.414 e. The van der Waals surface area contributed by atoms with Crippen molar-refractivity contribution in [3.8, 4) is 0 Å². The number of likely N-dealkylation sites (tertiary alicyclic amines) is 2. The van der Waals surface area contributed by atoms with E-state index in [1.165, 1.54) is 75.8 Å². The van der Waals surface area contributed by atoms with Gasteiger partial charge in [0.05, 0.1) is 0 Å². The first-order valence-corrected chi connectivity index (χ1v) is 9.94. The van der Waals surface area contributed by atoms with Crippen LogP contribution < -0.4 is 0 Å². The van der Waals surface area contributed by atoms with Gasteiger partial charge in [-0.25, -0.2) is 9.59 Å². The summed E-state index contributed by atoms with van der Waals surface area (Å²) in [6.45, 7) is 8.54. The van der Waals surface area contributed by atoms with Crippen molar-refractivity contribution in [3.63, 3.8) is 0 Å². The van der Waals surface area contributed by atoms with Crippen LogP contribution in [0, 0.1) is 6.92 Å². The van der Waals surface area contributed by atoms with Crippen LogP contribution >= 0.6 is 0 Å². The van der Waals surface area contributed by atoms with E-state index in [4.69, 9.17) is 19.8 Å². The van der Waals surface area contributed by atoms with Gasteiger partial charge in [0, 0.05) is 12.6 Å². The number of aryl methyl sites for hydroxylation is 1. The van der Waals surface area contributed by atoms with E-state index in [1.807, 2.05) is 0 Å². The van der Waals surface area contributed by atoms with Crippen LogP contribution in [0.4, 0.5) is 0 Å². The van der Waals surface area contributed by atoms with Crippen LogP contribution in [0.5, 0.6) is 0 Å². The van der Waals surface area contributed by atoms with Crippen LogP contribution in [0.2, 0.25) is 0 Å². The van der Waals surface area contributed by atoms with Crippen LogP contribution in [0.3, 0.4) is 0 Å². The molecule has 0 amide bonds. The molecule has 0 aromatic heterocycles. The third-order valence-electron chi connectivity index (χ3n) is 5.42. The van der Waals surface area contributed by atoms with Gasteiger partial charge in [0.1, 0.15) is 0 Å². The Balaban J connectivity index is 0.000000380. The van der Waals surface area contributed by atoms with Crippen molar-refractivity contribution in [3.05, 3.63) is 35.4 Å². The molecule has 2 heterocycles. The van der Waals surface area contributed by atoms with Gasteiger partial charge >= 0.3 is 11.9 Å². The van der Waals surface area contributed by atoms with Crippen LogP contribution in [0.15, 0.2) is 24.3 Å². The van der Waals surface area contributed by atoms with E-state index in [0.717, 1.165) is 12.6 Å². The highest BCUT2D eigenvalue weighted by Gasteiger charge is 2.24. The minimum absolute atomic E-state index is 0.859. The van der Waals surface area contributed by atoms with E-state index >= 15 is 0 Å². The van der Waals surface area contributed by atoms with Crippen molar-refractivity contribution in [1.82, 2.24) is 9.80 Å². The average Bonchev–Trinajstić information content (AvgIpc) is 2.94. The monoisotopic (exact) mass is 376 g/mol. The Labute approximate surface area is 161 Å². The number of hydrogen-bond donors (Lipinski definition) is 2. The van der Waals surface area contributed by atoms with Gasteiger partial charge in [-0.1, -0.05) is 42.7 Å². The number of carboxylic acid groups (broad SMARTS) is 2. The van der Waals surface area contributed by atoms with Crippen LogP contribution in [-0.4, -0.2) is 64.2 Å². The van der Waals surface area contributed by atoms with Crippen LogP contribution in [-0.2, 0) is 16.1 Å². The average molecular weight is 376 g/mol. The molecule has 2 saturated heterocycles. The van der Waals surface area contributed by atoms with Crippen molar-refractivity contribution in [1.29, 1.82) is 0 Å². The fraction of sp³-hybridized carbons (Fsp3) is 0.619. The van der Waals surface area contributed by atoms with Crippen LogP contribution in [0.25, 0.3) is 0 Å². The van der Waals surface area contributed by atoms with Gasteiger partial charge in [0.2, 0.25) is 0 Å². The number of carbonyl (C=O) groups is 2. The molecule has 0 unspecified atom stereocenters. The van der Waals surface area contributed by atoms with Gasteiger partial charge in [0.15, 0.2) is 0 Å². The molecule has 6 nitrogen and oxygen atoms in total. The predicted octanol–water partition coefficient (Wildman–Crippen LogP) is 2.99. The maximum absolute atomic E-state index is 9.10. The van der Waals surface area contributed by atoms with Gasteiger partial charge in [-0.15, -0.1) is 0 Å². The summed E-state index contributed by atoms with van der Waals surface area (Å²) in [5, 5.41) is 14.8. The van der Waals surface area contributed by atoms with Gasteiger partial charge in [0.25, 0.3) is 0 Å². The largest absolute Gasteiger partial charge is 0.473 e. The lowest BCUT2D eigenvalue weighted by atomic mass is 10.0. The Morgan fingerprint density at radius 1 is 0.889 bits per heavy atom. The molecule has 1 aromatic carbocycles. The summed E-state index contributed by atoms with van der Waals surface area (Å²) in [6.07, 6.45) is 8.47. The summed E-state index contributed by atoms with van der Waals surface area (Å²) in [5.41, 5.74) is 2.83. The molecule has 0 aliphatic carbocycles. The van der Waals surface area contributed by atoms with Crippen molar-refractivity contribution >= 4 is 11.9 Å². The zero-order valence-electron chi connectivity index (χ0n) is 16.3. The number of piperidine rings is 1. The molecular weight excluding hydrogens is 344 g/mol. The Hall–Kier alpha value is -1.92. The zero-order chi connectivity index (χ0) is 19.6. The molecule has 1 aromatic rings. The standard InChI is InChI=1S/C19H30N2.C2H2O4/c1-17-6-8-18(9-7-17)16-20-14-10-19(11-15-20)21-12-4-2-3-5-13-21;3-1(4)2(5)6/h6-9,19H,2-5,10-16H2,1H3;(H,3,4)(H,5,6). The van der Waals surface area contributed by atoms with E-state index < -0.39 is 11.9 Å². The first-order chi connectivity index (χ1) is 13.0. The Kier molecular flexibility index (Phi) is 8.75. The second-order valence-corrected chi connectivity index (χ2v) is 7.55. The van der Waals surface area contributed by atoms with Crippen molar-refractivity contribution < 1.29 is 19.8 Å². The maximum atomic E-state index is 9.10. The molecule has 27 heavy (non-hydrogen) atoms. The summed E-state index contributed by atoms with van der Waals surface area (Å²) in [6, 6.07) is 9.91. The van der Waals surface area contributed by atoms with Crippen LogP contribution in [0.1, 0.15) is 49.7 Å². The summed E-state index contributed by atoms with van der Waals surface area (Å²) < 4.78 is 0. The second kappa shape index (κ2) is 11.0. The zero-order valence-corrected chi connectivity index (χ0v) is 16.3. The summed E-state index contributed by atoms with van der Waals surface area (Å²) >= 11 is 0. The molecule has 2 N–H and O–H groups in total. The van der Waals surface area contributed by atoms with Gasteiger partial charge < -0.3 is 15.1 Å². The highest BCUT2D eigenvalue weighted by atomic mass is 16.4. The van der Waals surface area contributed by atoms with E-state index in [-0.39, 0.29) is 0 Å². The number of nitrogens with zero attached hydrogens (tertiary/aromatic N) is 2. The minimum atomic E-state index is -1.82. The van der Waals surface area contributed by atoms with Crippen molar-refractivity contribution in [2.45, 2.75) is 58.0 Å². The van der Waals surface area contributed by atoms with Gasteiger partial charge in [-0.3, -0.25) is 4.90 Å². The molecule has 6 heteroatoms. The summed E-state index contributed by atoms with van der Waals surface area (Å²) in [4.78, 5) is 23.6. The fourth-order valence-electron chi connectivity index (χ4n) is 3.85. The third kappa shape index (κ3) is 7.69. The molecule has 2 aliphatic heterocycles. The molecule has 2 fully saturated rings. The fourth-order valence-corrected chi connectivity index (χ4v) is 3.85. The molecule has 0 atom stereocenters. The third-order valence-corrected chi connectivity index (χ3v) is 5.42. The highest BCUT2D eigenvalue weighted by Crippen LogP contribution is 2.21. The lowest BCUT2D eigenvalue weighted by Crippen LogP contribution is -2.45. The normalized spacial score (nSPS) is 19.6. The molecule has 0 radical (unpaired) electrons. The number of aliphatic carboxylic acids is 2. The van der Waals surface area contributed by atoms with Crippen molar-refractivity contribution in [2.24, 2.45) is 0 Å². The number of benzene rings is 1. The van der Waals surface area contributed by atoms with E-state index in [2.05, 4.69) is 41.0 Å². The number of rotatable bonds is 3. The molecule has 0 bridgehead atoms. The lowest BCUT2D eigenvalue weighted by molar-refractivity contribution is -0.159. The minimum Gasteiger partial charge on any atom is -0.473 e. The highest BCUT2D eigenvalue weighted by molar-refractivity contribution is 6.27. The molecule has 150 valence electrons. The van der Waals surface area contributed by atoms with Gasteiger partial charge in [-0.05, 0) is 64.3 Å². The molecule has 0 saturated carbocycles. The Bertz CT molecular complexity index is 575. The summed E-state index contributed by atoms with van der Waals surface area (Å²) in [5.74, 6) is -3.65. The predicted molar refractivity (Wildman–Crippen MR) is 105 cm³/mol. The van der Waals surface area contributed by atoms with E-state index in [0.29, 0.717) is 0 Å². The molecule has 2 aliphatic rings. The smallest absolute Gasteiger partial charge is 0.414 e.